The van der Waals surface area contributed by atoms with Crippen LogP contribution in [-0.2, 0) is 11.2 Å². The second kappa shape index (κ2) is 6.00. The number of nitrogens with one attached hydrogen (secondary N) is 2. The highest BCUT2D eigenvalue weighted by Gasteiger charge is 2.32. The van der Waals surface area contributed by atoms with Crippen molar-refractivity contribution in [2.24, 2.45) is 5.41 Å². The Morgan fingerprint density at radius 2 is 1.87 bits per heavy atom. The molecule has 1 aromatic heterocycles. The molecule has 4 nitrogen and oxygen atoms in total. The molecule has 0 bridgehead atoms. The molecule has 0 amide bonds. The van der Waals surface area contributed by atoms with E-state index in [0.29, 0.717) is 6.42 Å². The van der Waals surface area contributed by atoms with E-state index in [2.05, 4.69) is 31.1 Å². The van der Waals surface area contributed by atoms with E-state index in [4.69, 9.17) is 0 Å². The minimum absolute atomic E-state index is 0.153. The number of ketones is 1. The Kier molecular flexibility index (Phi) is 4.58. The van der Waals surface area contributed by atoms with Crippen molar-refractivity contribution in [1.82, 2.24) is 10.3 Å². The van der Waals surface area contributed by atoms with Crippen molar-refractivity contribution >= 4 is 16.7 Å². The monoisotopic (exact) mass is 316 g/mol. The molecule has 3 N–H and O–H groups in total. The van der Waals surface area contributed by atoms with Crippen LogP contribution in [0.2, 0.25) is 0 Å². The zero-order valence-electron chi connectivity index (χ0n) is 14.9. The molecular weight excluding hydrogens is 288 g/mol. The number of aromatic hydroxyl groups is 1. The average Bonchev–Trinajstić information content (AvgIpc) is 2.77. The molecule has 2 rings (SSSR count). The van der Waals surface area contributed by atoms with Gasteiger partial charge >= 0.3 is 0 Å². The lowest BCUT2D eigenvalue weighted by Crippen LogP contribution is -2.51. The highest BCUT2D eigenvalue weighted by Crippen LogP contribution is 2.26. The minimum Gasteiger partial charge on any atom is -0.508 e. The topological polar surface area (TPSA) is 65.1 Å². The lowest BCUT2D eigenvalue weighted by atomic mass is 9.83. The quantitative estimate of drug-likeness (QED) is 0.804. The van der Waals surface area contributed by atoms with Crippen molar-refractivity contribution in [3.05, 3.63) is 30.0 Å². The van der Waals surface area contributed by atoms with Crippen LogP contribution in [0.5, 0.6) is 5.75 Å². The van der Waals surface area contributed by atoms with Gasteiger partial charge in [-0.15, -0.1) is 0 Å². The molecule has 4 heteroatoms. The van der Waals surface area contributed by atoms with Crippen molar-refractivity contribution in [3.8, 4) is 5.75 Å². The number of hydrogen-bond acceptors (Lipinski definition) is 3. The van der Waals surface area contributed by atoms with E-state index in [1.807, 2.05) is 33.0 Å². The maximum absolute atomic E-state index is 12.8. The van der Waals surface area contributed by atoms with E-state index in [9.17, 15) is 9.90 Å². The van der Waals surface area contributed by atoms with Crippen molar-refractivity contribution < 1.29 is 9.90 Å². The first kappa shape index (κ1) is 17.5. The minimum atomic E-state index is -0.406. The van der Waals surface area contributed by atoms with E-state index in [-0.39, 0.29) is 23.1 Å². The number of carbonyl (C=O) groups is 1. The molecule has 2 aromatic rings. The fourth-order valence-electron chi connectivity index (χ4n) is 2.81. The summed E-state index contributed by atoms with van der Waals surface area (Å²) in [5.74, 6) is 0.433. The van der Waals surface area contributed by atoms with E-state index in [1.165, 1.54) is 0 Å². The molecule has 0 aliphatic heterocycles. The highest BCUT2D eigenvalue weighted by atomic mass is 16.3. The summed E-state index contributed by atoms with van der Waals surface area (Å²) >= 11 is 0. The second-order valence-corrected chi connectivity index (χ2v) is 8.31. The van der Waals surface area contributed by atoms with Crippen LogP contribution in [0.3, 0.4) is 0 Å². The number of fused-ring (bicyclic) bond motifs is 1. The molecule has 0 saturated heterocycles. The van der Waals surface area contributed by atoms with Gasteiger partial charge in [-0.2, -0.15) is 0 Å². The summed E-state index contributed by atoms with van der Waals surface area (Å²) in [6, 6.07) is 4.99. The summed E-state index contributed by atoms with van der Waals surface area (Å²) < 4.78 is 0. The van der Waals surface area contributed by atoms with Crippen molar-refractivity contribution in [2.45, 2.75) is 59.5 Å². The van der Waals surface area contributed by atoms with Crippen LogP contribution >= 0.6 is 0 Å². The fourth-order valence-corrected chi connectivity index (χ4v) is 2.81. The number of phenols is 1. The number of aromatic nitrogens is 1. The lowest BCUT2D eigenvalue weighted by molar-refractivity contribution is -0.128. The van der Waals surface area contributed by atoms with E-state index < -0.39 is 5.41 Å². The predicted molar refractivity (Wildman–Crippen MR) is 94.8 cm³/mol. The van der Waals surface area contributed by atoms with Gasteiger partial charge in [0.2, 0.25) is 0 Å². The molecule has 23 heavy (non-hydrogen) atoms. The van der Waals surface area contributed by atoms with Crippen LogP contribution in [0, 0.1) is 5.41 Å². The van der Waals surface area contributed by atoms with Gasteiger partial charge in [0.1, 0.15) is 5.75 Å². The second-order valence-electron chi connectivity index (χ2n) is 8.31. The number of carbonyl (C=O) groups excluding carboxylic acids is 1. The number of rotatable bonds is 4. The molecule has 1 aromatic carbocycles. The van der Waals surface area contributed by atoms with Gasteiger partial charge < -0.3 is 15.4 Å². The fraction of sp³-hybridized carbons (Fsp3) is 0.526. The standard InChI is InChI=1S/C19H28N2O2/c1-18(2,3)17(23)16(21-19(4,5)6)9-12-11-20-15-8-7-13(22)10-14(12)15/h7-8,10-11,16,20-22H,9H2,1-6H3/t16-/m0/s1. The number of hydrogen-bond donors (Lipinski definition) is 3. The van der Waals surface area contributed by atoms with Gasteiger partial charge in [-0.05, 0) is 51.0 Å². The summed E-state index contributed by atoms with van der Waals surface area (Å²) in [5.41, 5.74) is 1.45. The first-order valence-corrected chi connectivity index (χ1v) is 8.08. The largest absolute Gasteiger partial charge is 0.508 e. The van der Waals surface area contributed by atoms with Gasteiger partial charge in [0.25, 0.3) is 0 Å². The molecule has 0 aliphatic rings. The summed E-state index contributed by atoms with van der Waals surface area (Å²) in [5, 5.41) is 14.2. The molecule has 1 heterocycles. The third-order valence-corrected chi connectivity index (χ3v) is 3.84. The number of aromatic amines is 1. The first-order valence-electron chi connectivity index (χ1n) is 8.08. The number of benzene rings is 1. The Morgan fingerprint density at radius 1 is 1.22 bits per heavy atom. The smallest absolute Gasteiger partial charge is 0.155 e. The summed E-state index contributed by atoms with van der Waals surface area (Å²) in [4.78, 5) is 16.1. The van der Waals surface area contributed by atoms with Crippen molar-refractivity contribution in [2.75, 3.05) is 0 Å². The Balaban J connectivity index is 2.36. The molecule has 0 spiro atoms. The Bertz CT molecular complexity index is 702. The van der Waals surface area contributed by atoms with E-state index in [1.54, 1.807) is 12.1 Å². The van der Waals surface area contributed by atoms with Gasteiger partial charge in [0, 0.05) is 28.1 Å². The Labute approximate surface area is 138 Å². The molecule has 0 aliphatic carbocycles. The van der Waals surface area contributed by atoms with Crippen LogP contribution in [-0.4, -0.2) is 27.5 Å². The van der Waals surface area contributed by atoms with E-state index >= 15 is 0 Å². The van der Waals surface area contributed by atoms with Gasteiger partial charge in [-0.3, -0.25) is 4.79 Å². The summed E-state index contributed by atoms with van der Waals surface area (Å²) in [7, 11) is 0. The SMILES string of the molecule is CC(C)(C)N[C@@H](Cc1c[nH]c2ccc(O)cc12)C(=O)C(C)(C)C. The van der Waals surface area contributed by atoms with Gasteiger partial charge in [-0.1, -0.05) is 20.8 Å². The van der Waals surface area contributed by atoms with Gasteiger partial charge in [0.05, 0.1) is 6.04 Å². The molecular formula is C19H28N2O2. The van der Waals surface area contributed by atoms with Gasteiger partial charge in [0.15, 0.2) is 5.78 Å². The molecule has 0 saturated carbocycles. The van der Waals surface area contributed by atoms with Crippen LogP contribution in [0.25, 0.3) is 10.9 Å². The third-order valence-electron chi connectivity index (χ3n) is 3.84. The number of Topliss-reactive ketones (excluding diaryl/α,β-unsaturated/α-hetero) is 1. The zero-order chi connectivity index (χ0) is 17.4. The van der Waals surface area contributed by atoms with Crippen LogP contribution in [0.4, 0.5) is 0 Å². The summed E-state index contributed by atoms with van der Waals surface area (Å²) in [6.45, 7) is 12.1. The molecule has 0 unspecified atom stereocenters. The van der Waals surface area contributed by atoms with Crippen LogP contribution < -0.4 is 5.32 Å². The maximum atomic E-state index is 12.8. The molecule has 1 atom stereocenters. The van der Waals surface area contributed by atoms with Gasteiger partial charge in [-0.25, -0.2) is 0 Å². The molecule has 126 valence electrons. The molecule has 0 radical (unpaired) electrons. The van der Waals surface area contributed by atoms with Crippen LogP contribution in [0.15, 0.2) is 24.4 Å². The number of H-pyrrole nitrogens is 1. The zero-order valence-corrected chi connectivity index (χ0v) is 14.9. The summed E-state index contributed by atoms with van der Waals surface area (Å²) in [6.07, 6.45) is 2.52. The van der Waals surface area contributed by atoms with E-state index in [0.717, 1.165) is 16.5 Å². The normalized spacial score (nSPS) is 14.2. The third kappa shape index (κ3) is 4.35. The lowest BCUT2D eigenvalue weighted by Gasteiger charge is -2.31. The van der Waals surface area contributed by atoms with Crippen LogP contribution in [0.1, 0.15) is 47.1 Å². The maximum Gasteiger partial charge on any atom is 0.155 e. The predicted octanol–water partition coefficient (Wildman–Crippen LogP) is 3.79. The number of phenolic OH excluding ortho intramolecular Hbond substituents is 1. The Hall–Kier alpha value is -1.81. The highest BCUT2D eigenvalue weighted by molar-refractivity contribution is 5.90. The molecule has 0 fully saturated rings. The first-order chi connectivity index (χ1) is 10.5. The van der Waals surface area contributed by atoms with Crippen molar-refractivity contribution in [3.63, 3.8) is 0 Å². The average molecular weight is 316 g/mol. The Morgan fingerprint density at radius 3 is 2.43 bits per heavy atom. The van der Waals surface area contributed by atoms with Crippen molar-refractivity contribution in [1.29, 1.82) is 0 Å².